The van der Waals surface area contributed by atoms with Crippen LogP contribution in [-0.2, 0) is 0 Å². The molecule has 2 rings (SSSR count). The molecule has 76 valence electrons. The topological polar surface area (TPSA) is 35.0 Å². The summed E-state index contributed by atoms with van der Waals surface area (Å²) in [6, 6.07) is 7.02. The van der Waals surface area contributed by atoms with Crippen molar-refractivity contribution in [2.75, 3.05) is 0 Å². The van der Waals surface area contributed by atoms with Gasteiger partial charge in [-0.2, -0.15) is 0 Å². The molecule has 0 saturated carbocycles. The second-order valence-electron chi connectivity index (χ2n) is 2.68. The Morgan fingerprint density at radius 2 is 1.53 bits per heavy atom. The third-order valence-corrected chi connectivity index (χ3v) is 2.25. The van der Waals surface area contributed by atoms with Gasteiger partial charge in [-0.3, -0.25) is 0 Å². The lowest BCUT2D eigenvalue weighted by Crippen LogP contribution is -1.91. The largest absolute Gasteiger partial charge is 0.421 e. The van der Waals surface area contributed by atoms with Crippen molar-refractivity contribution in [2.45, 2.75) is 0 Å². The summed E-state index contributed by atoms with van der Waals surface area (Å²) in [5, 5.41) is 0.852. The van der Waals surface area contributed by atoms with Crippen molar-refractivity contribution in [3.8, 4) is 11.8 Å². The van der Waals surface area contributed by atoms with Crippen molar-refractivity contribution in [3.63, 3.8) is 0 Å². The highest BCUT2D eigenvalue weighted by molar-refractivity contribution is 6.37. The number of nitrogens with zero attached hydrogens (tertiary/aromatic N) is 2. The number of halogens is 2. The molecule has 5 heteroatoms. The maximum atomic E-state index is 5.91. The normalized spacial score (nSPS) is 10.0. The zero-order valence-corrected chi connectivity index (χ0v) is 9.03. The van der Waals surface area contributed by atoms with Crippen LogP contribution in [0.1, 0.15) is 0 Å². The van der Waals surface area contributed by atoms with Gasteiger partial charge in [-0.05, 0) is 18.2 Å². The average Bonchev–Trinajstić information content (AvgIpc) is 2.25. The van der Waals surface area contributed by atoms with Crippen LogP contribution in [0, 0.1) is 0 Å². The fourth-order valence-electron chi connectivity index (χ4n) is 1.01. The number of ether oxygens (including phenoxy) is 1. The molecule has 1 aromatic heterocycles. The first-order valence-electron chi connectivity index (χ1n) is 4.16. The van der Waals surface area contributed by atoms with Crippen LogP contribution in [0.5, 0.6) is 11.8 Å². The van der Waals surface area contributed by atoms with Gasteiger partial charge in [0.25, 0.3) is 0 Å². The molecule has 1 heterocycles. The highest BCUT2D eigenvalue weighted by atomic mass is 35.5. The third kappa shape index (κ3) is 2.37. The molecule has 0 atom stereocenters. The molecule has 0 unspecified atom stereocenters. The van der Waals surface area contributed by atoms with E-state index in [1.54, 1.807) is 36.7 Å². The fourth-order valence-corrected chi connectivity index (χ4v) is 1.48. The zero-order chi connectivity index (χ0) is 10.7. The van der Waals surface area contributed by atoms with Crippen LogP contribution in [0.4, 0.5) is 0 Å². The van der Waals surface area contributed by atoms with Gasteiger partial charge < -0.3 is 4.74 Å². The summed E-state index contributed by atoms with van der Waals surface area (Å²) >= 11 is 11.8. The van der Waals surface area contributed by atoms with E-state index in [0.29, 0.717) is 15.8 Å². The molecule has 0 amide bonds. The molecule has 1 aromatic carbocycles. The van der Waals surface area contributed by atoms with Gasteiger partial charge in [0.05, 0.1) is 10.0 Å². The van der Waals surface area contributed by atoms with E-state index in [4.69, 9.17) is 27.9 Å². The second kappa shape index (κ2) is 4.47. The molecule has 0 bridgehead atoms. The zero-order valence-electron chi connectivity index (χ0n) is 7.52. The maximum absolute atomic E-state index is 5.91. The van der Waals surface area contributed by atoms with E-state index in [2.05, 4.69) is 9.97 Å². The summed E-state index contributed by atoms with van der Waals surface area (Å²) in [7, 11) is 0. The van der Waals surface area contributed by atoms with Gasteiger partial charge in [0, 0.05) is 12.4 Å². The fraction of sp³-hybridized carbons (Fsp3) is 0. The number of para-hydroxylation sites is 1. The minimum Gasteiger partial charge on any atom is -0.421 e. The molecule has 0 aliphatic carbocycles. The maximum Gasteiger partial charge on any atom is 0.321 e. The first kappa shape index (κ1) is 10.2. The monoisotopic (exact) mass is 240 g/mol. The summed E-state index contributed by atoms with van der Waals surface area (Å²) in [6.07, 6.45) is 3.15. The Labute approximate surface area is 96.6 Å². The van der Waals surface area contributed by atoms with Crippen LogP contribution < -0.4 is 4.74 Å². The first-order chi connectivity index (χ1) is 7.27. The lowest BCUT2D eigenvalue weighted by atomic mass is 10.3. The van der Waals surface area contributed by atoms with E-state index >= 15 is 0 Å². The summed E-state index contributed by atoms with van der Waals surface area (Å²) in [6.45, 7) is 0. The van der Waals surface area contributed by atoms with Gasteiger partial charge in [-0.1, -0.05) is 29.3 Å². The van der Waals surface area contributed by atoms with Crippen LogP contribution in [0.2, 0.25) is 10.0 Å². The summed E-state index contributed by atoms with van der Waals surface area (Å²) in [4.78, 5) is 7.81. The van der Waals surface area contributed by atoms with Crippen LogP contribution in [-0.4, -0.2) is 9.97 Å². The summed E-state index contributed by atoms with van der Waals surface area (Å²) in [5.41, 5.74) is 0. The standard InChI is InChI=1S/C10H6Cl2N2O/c11-7-3-1-4-8(12)9(7)15-10-13-5-2-6-14-10/h1-6H. The number of aromatic nitrogens is 2. The molecule has 0 spiro atoms. The molecule has 0 aliphatic rings. The smallest absolute Gasteiger partial charge is 0.321 e. The molecular formula is C10H6Cl2N2O. The molecule has 0 saturated heterocycles. The Balaban J connectivity index is 2.32. The Hall–Kier alpha value is -1.32. The van der Waals surface area contributed by atoms with Crippen LogP contribution in [0.15, 0.2) is 36.7 Å². The predicted molar refractivity (Wildman–Crippen MR) is 58.6 cm³/mol. The summed E-state index contributed by atoms with van der Waals surface area (Å²) < 4.78 is 5.35. The van der Waals surface area contributed by atoms with E-state index in [-0.39, 0.29) is 6.01 Å². The highest BCUT2D eigenvalue weighted by Crippen LogP contribution is 2.34. The highest BCUT2D eigenvalue weighted by Gasteiger charge is 2.08. The lowest BCUT2D eigenvalue weighted by Gasteiger charge is -2.06. The van der Waals surface area contributed by atoms with E-state index in [0.717, 1.165) is 0 Å². The molecule has 3 nitrogen and oxygen atoms in total. The van der Waals surface area contributed by atoms with Gasteiger partial charge in [0.15, 0.2) is 5.75 Å². The number of benzene rings is 1. The van der Waals surface area contributed by atoms with Crippen LogP contribution in [0.25, 0.3) is 0 Å². The first-order valence-corrected chi connectivity index (χ1v) is 4.92. The predicted octanol–water partition coefficient (Wildman–Crippen LogP) is 3.58. The van der Waals surface area contributed by atoms with Crippen molar-refractivity contribution in [2.24, 2.45) is 0 Å². The Bertz CT molecular complexity index is 442. The van der Waals surface area contributed by atoms with Crippen molar-refractivity contribution in [1.29, 1.82) is 0 Å². The van der Waals surface area contributed by atoms with Crippen molar-refractivity contribution in [1.82, 2.24) is 9.97 Å². The number of rotatable bonds is 2. The van der Waals surface area contributed by atoms with Crippen molar-refractivity contribution in [3.05, 3.63) is 46.7 Å². The van der Waals surface area contributed by atoms with E-state index in [1.807, 2.05) is 0 Å². The van der Waals surface area contributed by atoms with Gasteiger partial charge in [-0.15, -0.1) is 0 Å². The van der Waals surface area contributed by atoms with Gasteiger partial charge >= 0.3 is 6.01 Å². The quantitative estimate of drug-likeness (QED) is 0.805. The third-order valence-electron chi connectivity index (χ3n) is 1.65. The van der Waals surface area contributed by atoms with Gasteiger partial charge in [-0.25, -0.2) is 9.97 Å². The second-order valence-corrected chi connectivity index (χ2v) is 3.50. The minimum absolute atomic E-state index is 0.215. The Morgan fingerprint density at radius 1 is 0.933 bits per heavy atom. The Kier molecular flexibility index (Phi) is 3.04. The van der Waals surface area contributed by atoms with E-state index in [1.165, 1.54) is 0 Å². The summed E-state index contributed by atoms with van der Waals surface area (Å²) in [5.74, 6) is 0.368. The molecule has 0 aliphatic heterocycles. The Morgan fingerprint density at radius 3 is 2.13 bits per heavy atom. The number of hydrogen-bond donors (Lipinski definition) is 0. The minimum atomic E-state index is 0.215. The molecule has 15 heavy (non-hydrogen) atoms. The lowest BCUT2D eigenvalue weighted by molar-refractivity contribution is 0.442. The average molecular weight is 241 g/mol. The van der Waals surface area contributed by atoms with Crippen molar-refractivity contribution >= 4 is 23.2 Å². The van der Waals surface area contributed by atoms with E-state index in [9.17, 15) is 0 Å². The van der Waals surface area contributed by atoms with Crippen LogP contribution in [0.3, 0.4) is 0 Å². The number of hydrogen-bond acceptors (Lipinski definition) is 3. The molecule has 0 N–H and O–H groups in total. The van der Waals surface area contributed by atoms with Gasteiger partial charge in [0.1, 0.15) is 0 Å². The molecular weight excluding hydrogens is 235 g/mol. The van der Waals surface area contributed by atoms with Crippen LogP contribution >= 0.6 is 23.2 Å². The SMILES string of the molecule is Clc1cccc(Cl)c1Oc1ncccn1. The molecule has 0 radical (unpaired) electrons. The van der Waals surface area contributed by atoms with Gasteiger partial charge in [0.2, 0.25) is 0 Å². The van der Waals surface area contributed by atoms with Crippen molar-refractivity contribution < 1.29 is 4.74 Å². The van der Waals surface area contributed by atoms with E-state index < -0.39 is 0 Å². The molecule has 0 fully saturated rings. The molecule has 2 aromatic rings.